The summed E-state index contributed by atoms with van der Waals surface area (Å²) in [5, 5.41) is 11.6. The van der Waals surface area contributed by atoms with Crippen molar-refractivity contribution in [2.24, 2.45) is 11.3 Å². The number of aromatic nitrogens is 2. The number of H-pyrrole nitrogens is 1. The lowest BCUT2D eigenvalue weighted by Crippen LogP contribution is -2.44. The van der Waals surface area contributed by atoms with E-state index < -0.39 is 5.41 Å². The molecule has 5 rings (SSSR count). The van der Waals surface area contributed by atoms with Crippen molar-refractivity contribution >= 4 is 5.78 Å². The fourth-order valence-corrected chi connectivity index (χ4v) is 6.45. The Bertz CT molecular complexity index is 1240. The highest BCUT2D eigenvalue weighted by atomic mass is 16.5. The third-order valence-corrected chi connectivity index (χ3v) is 8.58. The molecule has 2 bridgehead atoms. The lowest BCUT2D eigenvalue weighted by molar-refractivity contribution is -0.133. The maximum Gasteiger partial charge on any atom is 0.236 e. The molecule has 3 heterocycles. The molecule has 2 N–H and O–H groups in total. The molecule has 208 valence electrons. The molecule has 3 aromatic rings. The summed E-state index contributed by atoms with van der Waals surface area (Å²) in [6.07, 6.45) is 3.28. The number of nitrogens with one attached hydrogen (secondary N) is 2. The number of carbonyl (C=O) groups is 1. The van der Waals surface area contributed by atoms with Crippen LogP contribution in [0.4, 0.5) is 0 Å². The topological polar surface area (TPSA) is 70.2 Å². The van der Waals surface area contributed by atoms with Crippen molar-refractivity contribution in [3.05, 3.63) is 70.8 Å². The summed E-state index contributed by atoms with van der Waals surface area (Å²) in [4.78, 5) is 16.0. The smallest absolute Gasteiger partial charge is 0.236 e. The fourth-order valence-electron chi connectivity index (χ4n) is 6.45. The number of aryl methyl sites for hydroxylation is 2. The molecule has 1 unspecified atom stereocenters. The molecule has 6 heteroatoms. The molecule has 2 atom stereocenters. The van der Waals surface area contributed by atoms with E-state index >= 15 is 0 Å². The summed E-state index contributed by atoms with van der Waals surface area (Å²) in [5.74, 6) is 1.60. The highest BCUT2D eigenvalue weighted by Crippen LogP contribution is 2.40. The average molecular weight is 529 g/mol. The molecule has 0 radical (unpaired) electrons. The molecule has 0 amide bonds. The highest BCUT2D eigenvalue weighted by molar-refractivity contribution is 5.90. The number of hydrogen-bond donors (Lipinski definition) is 2. The number of ether oxygens (including phenoxy) is 1. The van der Waals surface area contributed by atoms with Gasteiger partial charge in [-0.2, -0.15) is 0 Å². The van der Waals surface area contributed by atoms with Gasteiger partial charge in [-0.3, -0.25) is 14.8 Å². The van der Waals surface area contributed by atoms with E-state index in [4.69, 9.17) is 4.74 Å². The second-order valence-electron chi connectivity index (χ2n) is 12.4. The third-order valence-electron chi connectivity index (χ3n) is 8.58. The van der Waals surface area contributed by atoms with E-state index in [2.05, 4.69) is 89.7 Å². The van der Waals surface area contributed by atoms with Crippen LogP contribution in [0.3, 0.4) is 0 Å². The van der Waals surface area contributed by atoms with Crippen LogP contribution >= 0.6 is 0 Å². The van der Waals surface area contributed by atoms with Gasteiger partial charge >= 0.3 is 0 Å². The van der Waals surface area contributed by atoms with E-state index in [1.54, 1.807) is 0 Å². The van der Waals surface area contributed by atoms with Gasteiger partial charge in [-0.05, 0) is 90.2 Å². The predicted molar refractivity (Wildman–Crippen MR) is 157 cm³/mol. The van der Waals surface area contributed by atoms with Crippen LogP contribution in [-0.2, 0) is 11.2 Å². The van der Waals surface area contributed by atoms with Gasteiger partial charge in [-0.25, -0.2) is 0 Å². The van der Waals surface area contributed by atoms with Gasteiger partial charge < -0.3 is 10.1 Å². The molecule has 2 aliphatic rings. The molecule has 1 aromatic heterocycles. The zero-order valence-corrected chi connectivity index (χ0v) is 24.2. The number of hydrogen-bond acceptors (Lipinski definition) is 5. The first-order chi connectivity index (χ1) is 18.7. The van der Waals surface area contributed by atoms with Crippen molar-refractivity contribution in [3.8, 4) is 17.1 Å². The van der Waals surface area contributed by atoms with Gasteiger partial charge in [0.1, 0.15) is 6.61 Å². The third kappa shape index (κ3) is 6.12. The Morgan fingerprint density at radius 2 is 1.82 bits per heavy atom. The number of aromatic amines is 1. The number of piperidine rings is 1. The zero-order valence-electron chi connectivity index (χ0n) is 24.2. The summed E-state index contributed by atoms with van der Waals surface area (Å²) < 4.78 is 6.42. The van der Waals surface area contributed by atoms with Crippen molar-refractivity contribution < 1.29 is 9.53 Å². The molecule has 39 heavy (non-hydrogen) atoms. The quantitative estimate of drug-likeness (QED) is 0.295. The summed E-state index contributed by atoms with van der Waals surface area (Å²) in [7, 11) is 0. The van der Waals surface area contributed by atoms with E-state index in [1.807, 2.05) is 13.8 Å². The molecular weight excluding hydrogens is 484 g/mol. The maximum atomic E-state index is 13.6. The lowest BCUT2D eigenvalue weighted by Gasteiger charge is -2.29. The Hall–Kier alpha value is -2.96. The molecule has 2 aliphatic heterocycles. The van der Waals surface area contributed by atoms with Crippen molar-refractivity contribution in [2.75, 3.05) is 32.8 Å². The number of nitrogens with zero attached hydrogens (tertiary/aromatic N) is 2. The summed E-state index contributed by atoms with van der Waals surface area (Å²) in [5.41, 5.74) is 6.37. The molecule has 2 fully saturated rings. The van der Waals surface area contributed by atoms with Gasteiger partial charge in [0.05, 0.1) is 17.2 Å². The molecule has 2 saturated heterocycles. The van der Waals surface area contributed by atoms with Crippen molar-refractivity contribution in [1.82, 2.24) is 20.4 Å². The van der Waals surface area contributed by atoms with Crippen molar-refractivity contribution in [2.45, 2.75) is 65.8 Å². The van der Waals surface area contributed by atoms with Crippen LogP contribution in [0.2, 0.25) is 0 Å². The number of ketones is 1. The Kier molecular flexibility index (Phi) is 8.24. The Morgan fingerprint density at radius 1 is 1.13 bits per heavy atom. The molecule has 2 aromatic carbocycles. The number of carbonyl (C=O) groups excluding carboxylic acids is 1. The minimum absolute atomic E-state index is 0.0563. The first-order valence-electron chi connectivity index (χ1n) is 14.6. The molecule has 0 aliphatic carbocycles. The zero-order chi connectivity index (χ0) is 27.6. The van der Waals surface area contributed by atoms with E-state index in [-0.39, 0.29) is 12.0 Å². The summed E-state index contributed by atoms with van der Waals surface area (Å²) in [6, 6.07) is 17.2. The van der Waals surface area contributed by atoms with Gasteiger partial charge in [0.15, 0.2) is 5.78 Å². The van der Waals surface area contributed by atoms with E-state index in [0.717, 1.165) is 62.3 Å². The first kappa shape index (κ1) is 27.6. The standard InChI is InChI=1S/C33H44N4O2/c1-22-17-23(2)19-27(18-22)29-28(24(3)20-34-14-11-25-9-7-6-8-10-25)32(36-35-29)39-21-33(4,5)31(38)30-26-12-15-37(30)16-13-26/h6-10,17-19,24,26,30,34H,11-16,20-21H2,1-5H3,(H,35,36)/t24-,30?/m1/s1. The van der Waals surface area contributed by atoms with Gasteiger partial charge in [0.25, 0.3) is 0 Å². The largest absolute Gasteiger partial charge is 0.475 e. The van der Waals surface area contributed by atoms with Gasteiger partial charge in [-0.15, -0.1) is 5.10 Å². The van der Waals surface area contributed by atoms with Crippen LogP contribution in [-0.4, -0.2) is 59.7 Å². The SMILES string of the molecule is Cc1cc(C)cc(-c2[nH]nc(OCC(C)(C)C(=O)C3C4CCN3CC4)c2[C@H](C)CNCCc2ccccc2)c1. The van der Waals surface area contributed by atoms with Crippen LogP contribution in [0, 0.1) is 25.2 Å². The molecular formula is C33H44N4O2. The second kappa shape index (κ2) is 11.6. The monoisotopic (exact) mass is 528 g/mol. The Morgan fingerprint density at radius 3 is 2.46 bits per heavy atom. The van der Waals surface area contributed by atoms with Gasteiger partial charge in [0.2, 0.25) is 5.88 Å². The van der Waals surface area contributed by atoms with Crippen LogP contribution in [0.1, 0.15) is 61.8 Å². The number of fused-ring (bicyclic) bond motifs is 2. The van der Waals surface area contributed by atoms with Crippen molar-refractivity contribution in [1.29, 1.82) is 0 Å². The van der Waals surface area contributed by atoms with E-state index in [9.17, 15) is 4.79 Å². The minimum atomic E-state index is -0.580. The second-order valence-corrected chi connectivity index (χ2v) is 12.4. The highest BCUT2D eigenvalue weighted by Gasteiger charge is 2.48. The van der Waals surface area contributed by atoms with E-state index in [1.165, 1.54) is 16.7 Å². The van der Waals surface area contributed by atoms with Crippen LogP contribution in [0.5, 0.6) is 5.88 Å². The molecule has 6 nitrogen and oxygen atoms in total. The maximum absolute atomic E-state index is 13.6. The van der Waals surface area contributed by atoms with Crippen LogP contribution in [0.25, 0.3) is 11.3 Å². The lowest BCUT2D eigenvalue weighted by atomic mass is 9.81. The number of benzene rings is 2. The number of rotatable bonds is 12. The molecule has 0 spiro atoms. The fraction of sp³-hybridized carbons (Fsp3) is 0.515. The average Bonchev–Trinajstić information content (AvgIpc) is 3.64. The number of Topliss-reactive ketones (excluding diaryl/α,β-unsaturated/α-hetero) is 1. The summed E-state index contributed by atoms with van der Waals surface area (Å²) >= 11 is 0. The van der Waals surface area contributed by atoms with Crippen LogP contribution < -0.4 is 10.1 Å². The van der Waals surface area contributed by atoms with Crippen molar-refractivity contribution in [3.63, 3.8) is 0 Å². The summed E-state index contributed by atoms with van der Waals surface area (Å²) in [6.45, 7) is 14.7. The first-order valence-corrected chi connectivity index (χ1v) is 14.6. The van der Waals surface area contributed by atoms with Gasteiger partial charge in [-0.1, -0.05) is 54.4 Å². The van der Waals surface area contributed by atoms with E-state index in [0.29, 0.717) is 24.2 Å². The van der Waals surface area contributed by atoms with Gasteiger partial charge in [0, 0.05) is 23.6 Å². The molecule has 0 saturated carbocycles. The Labute approximate surface area is 233 Å². The minimum Gasteiger partial charge on any atom is -0.475 e. The predicted octanol–water partition coefficient (Wildman–Crippen LogP) is 5.70. The van der Waals surface area contributed by atoms with Crippen LogP contribution in [0.15, 0.2) is 48.5 Å². The normalized spacial score (nSPS) is 21.3. The Balaban J connectivity index is 1.32.